The average molecular weight is 306 g/mol. The van der Waals surface area contributed by atoms with Gasteiger partial charge in [0.2, 0.25) is 5.91 Å². The van der Waals surface area contributed by atoms with Crippen molar-refractivity contribution >= 4 is 29.0 Å². The number of aryl methyl sites for hydroxylation is 1. The van der Waals surface area contributed by atoms with Crippen molar-refractivity contribution in [3.8, 4) is 0 Å². The summed E-state index contributed by atoms with van der Waals surface area (Å²) in [5.41, 5.74) is 2.25. The molecule has 0 radical (unpaired) electrons. The molecule has 5 heteroatoms. The van der Waals surface area contributed by atoms with Gasteiger partial charge in [0.15, 0.2) is 4.34 Å². The lowest BCUT2D eigenvalue weighted by atomic mass is 10.1. The Balaban J connectivity index is 1.74. The van der Waals surface area contributed by atoms with Gasteiger partial charge in [0, 0.05) is 17.6 Å². The van der Waals surface area contributed by atoms with Crippen molar-refractivity contribution in [1.29, 1.82) is 0 Å². The van der Waals surface area contributed by atoms with Gasteiger partial charge in [0.1, 0.15) is 0 Å². The molecule has 0 aliphatic rings. The molecule has 20 heavy (non-hydrogen) atoms. The van der Waals surface area contributed by atoms with Crippen LogP contribution in [-0.4, -0.2) is 22.7 Å². The van der Waals surface area contributed by atoms with Crippen LogP contribution in [0, 0.1) is 6.92 Å². The summed E-state index contributed by atoms with van der Waals surface area (Å²) >= 11 is 3.10. The highest BCUT2D eigenvalue weighted by Crippen LogP contribution is 2.26. The minimum absolute atomic E-state index is 0.0683. The fourth-order valence-electron chi connectivity index (χ4n) is 1.71. The molecule has 0 spiro atoms. The van der Waals surface area contributed by atoms with E-state index in [1.807, 2.05) is 37.4 Å². The summed E-state index contributed by atoms with van der Waals surface area (Å²) < 4.78 is 0.952. The molecule has 0 aliphatic carbocycles. The number of hydrogen-bond donors (Lipinski definition) is 1. The van der Waals surface area contributed by atoms with Gasteiger partial charge in [-0.3, -0.25) is 4.79 Å². The lowest BCUT2D eigenvalue weighted by Crippen LogP contribution is -2.32. The number of rotatable bonds is 6. The number of benzene rings is 1. The van der Waals surface area contributed by atoms with Crippen LogP contribution in [0.15, 0.2) is 40.1 Å². The smallest absolute Gasteiger partial charge is 0.233 e. The van der Waals surface area contributed by atoms with Gasteiger partial charge in [-0.2, -0.15) is 0 Å². The predicted molar refractivity (Wildman–Crippen MR) is 85.3 cm³/mol. The maximum Gasteiger partial charge on any atom is 0.233 e. The van der Waals surface area contributed by atoms with Crippen LogP contribution < -0.4 is 5.32 Å². The monoisotopic (exact) mass is 306 g/mol. The molecule has 1 aromatic carbocycles. The van der Waals surface area contributed by atoms with Crippen LogP contribution in [0.25, 0.3) is 0 Å². The van der Waals surface area contributed by atoms with E-state index in [4.69, 9.17) is 0 Å². The summed E-state index contributed by atoms with van der Waals surface area (Å²) in [5.74, 6) is 0.0683. The fourth-order valence-corrected chi connectivity index (χ4v) is 3.72. The molecular formula is C15H18N2OS2. The molecule has 2 rings (SSSR count). The third-order valence-corrected chi connectivity index (χ3v) is 4.99. The molecule has 0 saturated carbocycles. The molecule has 0 unspecified atom stereocenters. The molecule has 0 fully saturated rings. The maximum atomic E-state index is 12.0. The van der Waals surface area contributed by atoms with E-state index in [1.54, 1.807) is 11.3 Å². The molecule has 1 atom stereocenters. The summed E-state index contributed by atoms with van der Waals surface area (Å²) in [6.07, 6.45) is 0.861. The summed E-state index contributed by atoms with van der Waals surface area (Å²) in [4.78, 5) is 16.4. The van der Waals surface area contributed by atoms with E-state index in [1.165, 1.54) is 17.3 Å². The van der Waals surface area contributed by atoms with Crippen LogP contribution >= 0.6 is 23.1 Å². The second kappa shape index (κ2) is 7.45. The van der Waals surface area contributed by atoms with Gasteiger partial charge in [-0.25, -0.2) is 4.98 Å². The highest BCUT2D eigenvalue weighted by atomic mass is 32.2. The Morgan fingerprint density at radius 1 is 1.40 bits per heavy atom. The zero-order valence-electron chi connectivity index (χ0n) is 11.6. The van der Waals surface area contributed by atoms with Crippen LogP contribution in [0.1, 0.15) is 18.2 Å². The van der Waals surface area contributed by atoms with Crippen LogP contribution in [-0.2, 0) is 11.2 Å². The van der Waals surface area contributed by atoms with Crippen molar-refractivity contribution in [3.05, 3.63) is 47.0 Å². The molecule has 1 N–H and O–H groups in total. The van der Waals surface area contributed by atoms with Crippen molar-refractivity contribution in [2.75, 3.05) is 6.54 Å². The van der Waals surface area contributed by atoms with E-state index < -0.39 is 0 Å². The minimum atomic E-state index is -0.115. The third-order valence-electron chi connectivity index (χ3n) is 2.80. The first kappa shape index (κ1) is 15.1. The maximum absolute atomic E-state index is 12.0. The Morgan fingerprint density at radius 3 is 2.80 bits per heavy atom. The number of nitrogens with zero attached hydrogens (tertiary/aromatic N) is 1. The van der Waals surface area contributed by atoms with Gasteiger partial charge in [-0.15, -0.1) is 11.3 Å². The van der Waals surface area contributed by atoms with Crippen molar-refractivity contribution in [2.45, 2.75) is 29.9 Å². The normalized spacial score (nSPS) is 12.1. The molecule has 1 amide bonds. The quantitative estimate of drug-likeness (QED) is 0.833. The van der Waals surface area contributed by atoms with E-state index >= 15 is 0 Å². The number of carbonyl (C=O) groups is 1. The Bertz CT molecular complexity index is 554. The van der Waals surface area contributed by atoms with Gasteiger partial charge in [-0.1, -0.05) is 42.1 Å². The first-order valence-electron chi connectivity index (χ1n) is 6.55. The largest absolute Gasteiger partial charge is 0.355 e. The molecule has 2 aromatic rings. The average Bonchev–Trinajstić information content (AvgIpc) is 2.85. The molecular weight excluding hydrogens is 288 g/mol. The number of thiazole rings is 1. The van der Waals surface area contributed by atoms with Gasteiger partial charge in [-0.05, 0) is 25.8 Å². The van der Waals surface area contributed by atoms with Crippen molar-refractivity contribution in [1.82, 2.24) is 10.3 Å². The number of nitrogens with one attached hydrogen (secondary N) is 1. The van der Waals surface area contributed by atoms with Crippen molar-refractivity contribution in [3.63, 3.8) is 0 Å². The molecule has 1 aromatic heterocycles. The Labute approximate surface area is 127 Å². The third kappa shape index (κ3) is 4.65. The summed E-state index contributed by atoms with van der Waals surface area (Å²) in [5, 5.41) is 4.86. The van der Waals surface area contributed by atoms with Crippen LogP contribution in [0.3, 0.4) is 0 Å². The predicted octanol–water partition coefficient (Wildman–Crippen LogP) is 3.29. The molecule has 0 saturated heterocycles. The summed E-state index contributed by atoms with van der Waals surface area (Å²) in [7, 11) is 0. The van der Waals surface area contributed by atoms with Crippen LogP contribution in [0.2, 0.25) is 0 Å². The number of hydrogen-bond acceptors (Lipinski definition) is 4. The van der Waals surface area contributed by atoms with Gasteiger partial charge < -0.3 is 5.32 Å². The van der Waals surface area contributed by atoms with Gasteiger partial charge >= 0.3 is 0 Å². The second-order valence-corrected chi connectivity index (χ2v) is 6.99. The highest BCUT2D eigenvalue weighted by Gasteiger charge is 2.15. The SMILES string of the molecule is Cc1csc(S[C@H](C)C(=O)NCCc2ccccc2)n1. The zero-order chi connectivity index (χ0) is 14.4. The molecule has 0 bridgehead atoms. The fraction of sp³-hybridized carbons (Fsp3) is 0.333. The van der Waals surface area contributed by atoms with Gasteiger partial charge in [0.25, 0.3) is 0 Å². The summed E-state index contributed by atoms with van der Waals surface area (Å²) in [6.45, 7) is 4.55. The lowest BCUT2D eigenvalue weighted by Gasteiger charge is -2.10. The second-order valence-electron chi connectivity index (χ2n) is 4.54. The lowest BCUT2D eigenvalue weighted by molar-refractivity contribution is -0.120. The topological polar surface area (TPSA) is 42.0 Å². The number of thioether (sulfide) groups is 1. The Morgan fingerprint density at radius 2 is 2.15 bits per heavy atom. The van der Waals surface area contributed by atoms with E-state index in [0.29, 0.717) is 6.54 Å². The molecule has 0 aliphatic heterocycles. The van der Waals surface area contributed by atoms with E-state index in [-0.39, 0.29) is 11.2 Å². The highest BCUT2D eigenvalue weighted by molar-refractivity contribution is 8.02. The van der Waals surface area contributed by atoms with Crippen LogP contribution in [0.4, 0.5) is 0 Å². The van der Waals surface area contributed by atoms with E-state index in [9.17, 15) is 4.79 Å². The number of carbonyl (C=O) groups excluding carboxylic acids is 1. The summed E-state index contributed by atoms with van der Waals surface area (Å²) in [6, 6.07) is 10.2. The Hall–Kier alpha value is -1.33. The van der Waals surface area contributed by atoms with E-state index in [2.05, 4.69) is 22.4 Å². The minimum Gasteiger partial charge on any atom is -0.355 e. The molecule has 1 heterocycles. The van der Waals surface area contributed by atoms with Crippen molar-refractivity contribution in [2.24, 2.45) is 0 Å². The van der Waals surface area contributed by atoms with Crippen LogP contribution in [0.5, 0.6) is 0 Å². The number of aromatic nitrogens is 1. The standard InChI is InChI=1S/C15H18N2OS2/c1-11-10-19-15(17-11)20-12(2)14(18)16-9-8-13-6-4-3-5-7-13/h3-7,10,12H,8-9H2,1-2H3,(H,16,18)/t12-/m1/s1. The zero-order valence-corrected chi connectivity index (χ0v) is 13.3. The molecule has 106 valence electrons. The molecule has 3 nitrogen and oxygen atoms in total. The van der Waals surface area contributed by atoms with Gasteiger partial charge in [0.05, 0.1) is 5.25 Å². The number of amides is 1. The first-order valence-corrected chi connectivity index (χ1v) is 8.31. The first-order chi connectivity index (χ1) is 9.65. The van der Waals surface area contributed by atoms with Crippen molar-refractivity contribution < 1.29 is 4.79 Å². The Kier molecular flexibility index (Phi) is 5.61. The van der Waals surface area contributed by atoms with E-state index in [0.717, 1.165) is 16.5 Å².